The van der Waals surface area contributed by atoms with Gasteiger partial charge in [0.15, 0.2) is 0 Å². The number of alkyl carbamates (subject to hydrolysis) is 1. The lowest BCUT2D eigenvalue weighted by atomic mass is 9.58. The lowest BCUT2D eigenvalue weighted by Crippen LogP contribution is -2.60. The second-order valence-corrected chi connectivity index (χ2v) is 14.6. The van der Waals surface area contributed by atoms with Crippen molar-refractivity contribution in [2.75, 3.05) is 13.7 Å². The van der Waals surface area contributed by atoms with Crippen LogP contribution >= 0.6 is 0 Å². The third kappa shape index (κ3) is 9.10. The van der Waals surface area contributed by atoms with Crippen molar-refractivity contribution in [3.8, 4) is 0 Å². The van der Waals surface area contributed by atoms with Crippen LogP contribution in [0.3, 0.4) is 0 Å². The van der Waals surface area contributed by atoms with Gasteiger partial charge in [-0.05, 0) is 119 Å². The van der Waals surface area contributed by atoms with Crippen LogP contribution in [0.4, 0.5) is 9.59 Å². The van der Waals surface area contributed by atoms with Crippen molar-refractivity contribution in [1.29, 1.82) is 0 Å². The molecule has 6 aliphatic carbocycles. The van der Waals surface area contributed by atoms with Gasteiger partial charge in [0.05, 0.1) is 19.8 Å². The van der Waals surface area contributed by atoms with Crippen molar-refractivity contribution >= 4 is 18.2 Å². The molecule has 0 radical (unpaired) electrons. The Labute approximate surface area is 285 Å². The van der Waals surface area contributed by atoms with Gasteiger partial charge in [0, 0.05) is 5.54 Å². The molecule has 6 fully saturated rings. The van der Waals surface area contributed by atoms with Gasteiger partial charge in [0.2, 0.25) is 0 Å². The molecule has 0 saturated heterocycles. The molecule has 6 saturated carbocycles. The summed E-state index contributed by atoms with van der Waals surface area (Å²) in [5, 5.41) is 12.4. The predicted octanol–water partition coefficient (Wildman–Crippen LogP) is 7.54. The number of aliphatic hydroxyl groups is 1. The molecule has 262 valence electrons. The summed E-state index contributed by atoms with van der Waals surface area (Å²) in [5.74, 6) is 1.31. The number of rotatable bonds is 11. The molecule has 2 amide bonds. The SMILES string of the molecule is CC(CO)N(C(=O)OCc1ccccc1)C12CCC(CC1)CC2.COC(=O)C(CC12CCC(CC1)CC2)NC(=O)OCc1ccccc1. The highest BCUT2D eigenvalue weighted by Crippen LogP contribution is 2.53. The third-order valence-corrected chi connectivity index (χ3v) is 11.5. The zero-order valence-corrected chi connectivity index (χ0v) is 28.7. The van der Waals surface area contributed by atoms with Crippen LogP contribution in [0.1, 0.15) is 102 Å². The lowest BCUT2D eigenvalue weighted by Gasteiger charge is -2.53. The fraction of sp³-hybridized carbons (Fsp3) is 0.615. The number of hydrogen-bond acceptors (Lipinski definition) is 7. The Bertz CT molecular complexity index is 1290. The number of hydrogen-bond donors (Lipinski definition) is 2. The first-order valence-corrected chi connectivity index (χ1v) is 17.9. The summed E-state index contributed by atoms with van der Waals surface area (Å²) in [6.07, 6.45) is 13.7. The number of amides is 2. The summed E-state index contributed by atoms with van der Waals surface area (Å²) in [7, 11) is 1.36. The van der Waals surface area contributed by atoms with Crippen molar-refractivity contribution in [1.82, 2.24) is 10.2 Å². The average Bonchev–Trinajstić information content (AvgIpc) is 3.15. The molecule has 9 nitrogen and oxygen atoms in total. The van der Waals surface area contributed by atoms with Gasteiger partial charge in [-0.15, -0.1) is 0 Å². The van der Waals surface area contributed by atoms with E-state index in [4.69, 9.17) is 14.2 Å². The maximum Gasteiger partial charge on any atom is 0.410 e. The fourth-order valence-corrected chi connectivity index (χ4v) is 8.62. The van der Waals surface area contributed by atoms with E-state index in [1.165, 1.54) is 45.6 Å². The van der Waals surface area contributed by atoms with E-state index in [1.807, 2.05) is 72.5 Å². The van der Waals surface area contributed by atoms with E-state index in [1.54, 1.807) is 0 Å². The Hall–Kier alpha value is -3.59. The molecule has 2 N–H and O–H groups in total. The van der Waals surface area contributed by atoms with Gasteiger partial charge >= 0.3 is 18.2 Å². The van der Waals surface area contributed by atoms with Crippen LogP contribution in [0.25, 0.3) is 0 Å². The van der Waals surface area contributed by atoms with Gasteiger partial charge in [-0.3, -0.25) is 4.90 Å². The van der Waals surface area contributed by atoms with Gasteiger partial charge in [-0.1, -0.05) is 60.7 Å². The molecular formula is C39H54N2O7. The van der Waals surface area contributed by atoms with E-state index in [9.17, 15) is 19.5 Å². The van der Waals surface area contributed by atoms with E-state index in [2.05, 4.69) is 5.32 Å². The van der Waals surface area contributed by atoms with Crippen molar-refractivity contribution < 1.29 is 33.7 Å². The Morgan fingerprint density at radius 3 is 1.75 bits per heavy atom. The summed E-state index contributed by atoms with van der Waals surface area (Å²) in [5.41, 5.74) is 1.96. The second-order valence-electron chi connectivity index (χ2n) is 14.6. The zero-order valence-electron chi connectivity index (χ0n) is 28.7. The molecule has 48 heavy (non-hydrogen) atoms. The smallest absolute Gasteiger partial charge is 0.410 e. The first kappa shape index (κ1) is 35.7. The molecule has 9 heteroatoms. The minimum absolute atomic E-state index is 0.0222. The van der Waals surface area contributed by atoms with Gasteiger partial charge < -0.3 is 24.6 Å². The van der Waals surface area contributed by atoms with Crippen LogP contribution in [0.15, 0.2) is 60.7 Å². The molecule has 2 aromatic rings. The monoisotopic (exact) mass is 662 g/mol. The molecular weight excluding hydrogens is 608 g/mol. The molecule has 8 rings (SSSR count). The molecule has 0 aliphatic heterocycles. The largest absolute Gasteiger partial charge is 0.467 e. The highest BCUT2D eigenvalue weighted by atomic mass is 16.6. The Balaban J connectivity index is 0.000000188. The number of carbonyl (C=O) groups is 3. The normalized spacial score (nSPS) is 26.6. The molecule has 0 heterocycles. The molecule has 6 aliphatic rings. The van der Waals surface area contributed by atoms with Gasteiger partial charge in [0.25, 0.3) is 0 Å². The van der Waals surface area contributed by atoms with Crippen molar-refractivity contribution in [3.05, 3.63) is 71.8 Å². The molecule has 2 unspecified atom stereocenters. The van der Waals surface area contributed by atoms with E-state index in [0.717, 1.165) is 61.5 Å². The maximum atomic E-state index is 12.8. The summed E-state index contributed by atoms with van der Waals surface area (Å²) in [6.45, 7) is 2.37. The number of benzene rings is 2. The lowest BCUT2D eigenvalue weighted by molar-refractivity contribution is -0.144. The Morgan fingerprint density at radius 2 is 1.27 bits per heavy atom. The summed E-state index contributed by atoms with van der Waals surface area (Å²) in [4.78, 5) is 39.0. The molecule has 2 aromatic carbocycles. The van der Waals surface area contributed by atoms with Crippen LogP contribution in [-0.2, 0) is 32.2 Å². The number of esters is 1. The quantitative estimate of drug-likeness (QED) is 0.189. The molecule has 0 spiro atoms. The fourth-order valence-electron chi connectivity index (χ4n) is 8.62. The first-order chi connectivity index (χ1) is 23.2. The second kappa shape index (κ2) is 16.7. The Kier molecular flexibility index (Phi) is 12.4. The summed E-state index contributed by atoms with van der Waals surface area (Å²) >= 11 is 0. The summed E-state index contributed by atoms with van der Waals surface area (Å²) < 4.78 is 15.8. The van der Waals surface area contributed by atoms with Gasteiger partial charge in [-0.25, -0.2) is 14.4 Å². The number of nitrogens with one attached hydrogen (secondary N) is 1. The van der Waals surface area contributed by atoms with Crippen LogP contribution in [0, 0.1) is 17.3 Å². The Morgan fingerprint density at radius 1 is 0.792 bits per heavy atom. The third-order valence-electron chi connectivity index (χ3n) is 11.5. The van der Waals surface area contributed by atoms with E-state index < -0.39 is 18.1 Å². The number of ether oxygens (including phenoxy) is 3. The van der Waals surface area contributed by atoms with Crippen LogP contribution < -0.4 is 5.32 Å². The van der Waals surface area contributed by atoms with Crippen molar-refractivity contribution in [2.24, 2.45) is 17.3 Å². The van der Waals surface area contributed by atoms with Crippen molar-refractivity contribution in [3.63, 3.8) is 0 Å². The predicted molar refractivity (Wildman–Crippen MR) is 183 cm³/mol. The molecule has 0 aromatic heterocycles. The zero-order chi connectivity index (χ0) is 34.0. The van der Waals surface area contributed by atoms with E-state index in [-0.39, 0.29) is 42.9 Å². The highest BCUT2D eigenvalue weighted by molar-refractivity contribution is 5.81. The van der Waals surface area contributed by atoms with Gasteiger partial charge in [0.1, 0.15) is 19.3 Å². The number of fused-ring (bicyclic) bond motifs is 6. The first-order valence-electron chi connectivity index (χ1n) is 17.9. The number of methoxy groups -OCH3 is 1. The highest BCUT2D eigenvalue weighted by Gasteiger charge is 2.48. The van der Waals surface area contributed by atoms with E-state index in [0.29, 0.717) is 6.42 Å². The van der Waals surface area contributed by atoms with Crippen LogP contribution in [-0.4, -0.2) is 59.5 Å². The minimum Gasteiger partial charge on any atom is -0.467 e. The van der Waals surface area contributed by atoms with E-state index >= 15 is 0 Å². The topological polar surface area (TPSA) is 114 Å². The van der Waals surface area contributed by atoms with Crippen LogP contribution in [0.2, 0.25) is 0 Å². The number of carbonyl (C=O) groups excluding carboxylic acids is 3. The minimum atomic E-state index is -0.636. The van der Waals surface area contributed by atoms with Crippen molar-refractivity contribution in [2.45, 2.75) is 121 Å². The van der Waals surface area contributed by atoms with Crippen LogP contribution in [0.5, 0.6) is 0 Å². The standard InChI is InChI=1S/C20H27NO4.C19H27NO3/c1-24-18(22)17(13-20-10-7-15(8-11-20)9-12-20)21-19(23)25-14-16-5-3-2-4-6-16;1-15(13-21)20(19-10-7-16(8-11-19)9-12-19)18(22)23-14-17-5-3-2-4-6-17/h2-6,15,17H,7-14H2,1H3,(H,21,23);2-6,15-16,21H,7-14H2,1H3. The molecule has 4 bridgehead atoms. The average molecular weight is 663 g/mol. The number of nitrogens with zero attached hydrogens (tertiary/aromatic N) is 1. The summed E-state index contributed by atoms with van der Waals surface area (Å²) in [6, 6.07) is 18.4. The van der Waals surface area contributed by atoms with Gasteiger partial charge in [-0.2, -0.15) is 0 Å². The maximum absolute atomic E-state index is 12.8. The molecule has 2 atom stereocenters. The number of aliphatic hydroxyl groups excluding tert-OH is 1.